The Hall–Kier alpha value is -2.96. The molecule has 2 aromatic heterocycles. The molecule has 0 aliphatic carbocycles. The van der Waals surface area contributed by atoms with Gasteiger partial charge in [0.1, 0.15) is 12.1 Å². The number of hydrogen-bond acceptors (Lipinski definition) is 5. The van der Waals surface area contributed by atoms with E-state index in [1.165, 1.54) is 11.1 Å². The van der Waals surface area contributed by atoms with Gasteiger partial charge in [-0.2, -0.15) is 14.6 Å². The van der Waals surface area contributed by atoms with E-state index in [4.69, 9.17) is 11.6 Å². The molecule has 4 aromatic rings. The first kappa shape index (κ1) is 19.0. The van der Waals surface area contributed by atoms with Gasteiger partial charge in [0.2, 0.25) is 0 Å². The number of aryl methyl sites for hydroxylation is 1. The van der Waals surface area contributed by atoms with E-state index in [-0.39, 0.29) is 6.04 Å². The fraction of sp³-hybridized carbons (Fsp3) is 0.261. The number of halogens is 1. The quantitative estimate of drug-likeness (QED) is 0.501. The smallest absolute Gasteiger partial charge is 0.254 e. The van der Waals surface area contributed by atoms with Gasteiger partial charge in [-0.25, -0.2) is 4.98 Å². The van der Waals surface area contributed by atoms with Crippen molar-refractivity contribution in [2.24, 2.45) is 0 Å². The summed E-state index contributed by atoms with van der Waals surface area (Å²) in [5.41, 5.74) is 3.51. The third-order valence-corrected chi connectivity index (χ3v) is 5.92. The molecule has 0 radical (unpaired) electrons. The Bertz CT molecular complexity index is 1130. The number of fused-ring (bicyclic) bond motifs is 1. The second-order valence-corrected chi connectivity index (χ2v) is 8.05. The predicted octanol–water partition coefficient (Wildman–Crippen LogP) is 4.00. The van der Waals surface area contributed by atoms with Crippen LogP contribution in [0.15, 0.2) is 67.0 Å². The molecule has 6 nitrogen and oxygen atoms in total. The number of nitrogens with zero attached hydrogens (tertiary/aromatic N) is 6. The van der Waals surface area contributed by atoms with Gasteiger partial charge in [-0.1, -0.05) is 54.1 Å². The van der Waals surface area contributed by atoms with Gasteiger partial charge >= 0.3 is 0 Å². The molecule has 1 atom stereocenters. The van der Waals surface area contributed by atoms with Gasteiger partial charge in [-0.15, -0.1) is 0 Å². The van der Waals surface area contributed by atoms with Crippen LogP contribution in [0.5, 0.6) is 0 Å². The summed E-state index contributed by atoms with van der Waals surface area (Å²) in [6.45, 7) is 5.71. The number of piperazine rings is 1. The Morgan fingerprint density at radius 2 is 1.60 bits per heavy atom. The van der Waals surface area contributed by atoms with E-state index in [1.54, 1.807) is 6.33 Å². The van der Waals surface area contributed by atoms with Crippen LogP contribution in [0.2, 0.25) is 5.02 Å². The van der Waals surface area contributed by atoms with Crippen LogP contribution < -0.4 is 4.90 Å². The average Bonchev–Trinajstić information content (AvgIpc) is 3.24. The summed E-state index contributed by atoms with van der Waals surface area (Å²) in [5.74, 6) is 1.70. The van der Waals surface area contributed by atoms with Crippen LogP contribution in [-0.4, -0.2) is 50.7 Å². The van der Waals surface area contributed by atoms with Gasteiger partial charge in [0.05, 0.1) is 6.04 Å². The molecule has 0 N–H and O–H groups in total. The number of hydrogen-bond donors (Lipinski definition) is 0. The zero-order chi connectivity index (χ0) is 20.5. The molecule has 0 bridgehead atoms. The van der Waals surface area contributed by atoms with Crippen molar-refractivity contribution in [2.45, 2.75) is 13.0 Å². The van der Waals surface area contributed by atoms with Crippen molar-refractivity contribution in [1.29, 1.82) is 0 Å². The van der Waals surface area contributed by atoms with Crippen molar-refractivity contribution >= 4 is 23.2 Å². The molecule has 0 unspecified atom stereocenters. The maximum atomic E-state index is 6.15. The molecule has 3 heterocycles. The summed E-state index contributed by atoms with van der Waals surface area (Å²) < 4.78 is 1.83. The molecule has 152 valence electrons. The number of rotatable bonds is 4. The second kappa shape index (κ2) is 8.05. The van der Waals surface area contributed by atoms with E-state index in [9.17, 15) is 0 Å². The lowest BCUT2D eigenvalue weighted by atomic mass is 9.96. The molecule has 1 fully saturated rings. The zero-order valence-electron chi connectivity index (χ0n) is 16.8. The summed E-state index contributed by atoms with van der Waals surface area (Å²) >= 11 is 6.15. The SMILES string of the molecule is Cc1cc(N2CCN([C@@H](c3ccccc3)c3ccc(Cl)cc3)CC2)n2ncnc2n1. The normalized spacial score (nSPS) is 16.1. The topological polar surface area (TPSA) is 49.6 Å². The largest absolute Gasteiger partial charge is 0.354 e. The molecule has 30 heavy (non-hydrogen) atoms. The number of anilines is 1. The summed E-state index contributed by atoms with van der Waals surface area (Å²) in [4.78, 5) is 13.6. The highest BCUT2D eigenvalue weighted by atomic mass is 35.5. The van der Waals surface area contributed by atoms with Crippen LogP contribution in [0.4, 0.5) is 5.82 Å². The fourth-order valence-corrected chi connectivity index (χ4v) is 4.37. The van der Waals surface area contributed by atoms with Crippen molar-refractivity contribution in [2.75, 3.05) is 31.1 Å². The highest BCUT2D eigenvalue weighted by molar-refractivity contribution is 6.30. The monoisotopic (exact) mass is 418 g/mol. The summed E-state index contributed by atoms with van der Waals surface area (Å²) in [6.07, 6.45) is 1.56. The van der Waals surface area contributed by atoms with E-state index < -0.39 is 0 Å². The van der Waals surface area contributed by atoms with Crippen LogP contribution in [0, 0.1) is 6.92 Å². The Morgan fingerprint density at radius 3 is 2.33 bits per heavy atom. The molecule has 7 heteroatoms. The first-order chi connectivity index (χ1) is 14.7. The fourth-order valence-electron chi connectivity index (χ4n) is 4.24. The van der Waals surface area contributed by atoms with Crippen molar-refractivity contribution in [3.05, 3.63) is 88.8 Å². The summed E-state index contributed by atoms with van der Waals surface area (Å²) in [5, 5.41) is 5.13. The highest BCUT2D eigenvalue weighted by Crippen LogP contribution is 2.31. The van der Waals surface area contributed by atoms with Gasteiger partial charge in [0.25, 0.3) is 5.78 Å². The molecule has 0 saturated carbocycles. The molecular weight excluding hydrogens is 396 g/mol. The van der Waals surface area contributed by atoms with Crippen molar-refractivity contribution in [3.8, 4) is 0 Å². The summed E-state index contributed by atoms with van der Waals surface area (Å²) in [7, 11) is 0. The minimum absolute atomic E-state index is 0.205. The van der Waals surface area contributed by atoms with Crippen LogP contribution in [0.3, 0.4) is 0 Å². The van der Waals surface area contributed by atoms with E-state index in [0.717, 1.165) is 42.7 Å². The molecule has 1 aliphatic rings. The van der Waals surface area contributed by atoms with Gasteiger partial charge in [0.15, 0.2) is 0 Å². The van der Waals surface area contributed by atoms with Crippen molar-refractivity contribution in [3.63, 3.8) is 0 Å². The minimum Gasteiger partial charge on any atom is -0.354 e. The third-order valence-electron chi connectivity index (χ3n) is 5.67. The van der Waals surface area contributed by atoms with Gasteiger partial charge in [-0.3, -0.25) is 4.90 Å². The zero-order valence-corrected chi connectivity index (χ0v) is 17.6. The first-order valence-corrected chi connectivity index (χ1v) is 10.5. The lowest BCUT2D eigenvalue weighted by Crippen LogP contribution is -2.48. The predicted molar refractivity (Wildman–Crippen MR) is 119 cm³/mol. The third kappa shape index (κ3) is 3.64. The molecule has 1 aliphatic heterocycles. The molecule has 0 amide bonds. The van der Waals surface area contributed by atoms with Gasteiger partial charge in [0, 0.05) is 43.0 Å². The van der Waals surface area contributed by atoms with Crippen LogP contribution in [-0.2, 0) is 0 Å². The van der Waals surface area contributed by atoms with Crippen LogP contribution in [0.1, 0.15) is 22.9 Å². The van der Waals surface area contributed by atoms with Crippen LogP contribution >= 0.6 is 11.6 Å². The highest BCUT2D eigenvalue weighted by Gasteiger charge is 2.27. The van der Waals surface area contributed by atoms with E-state index in [1.807, 2.05) is 23.6 Å². The van der Waals surface area contributed by atoms with Crippen molar-refractivity contribution in [1.82, 2.24) is 24.5 Å². The Morgan fingerprint density at radius 1 is 0.900 bits per heavy atom. The van der Waals surface area contributed by atoms with Gasteiger partial charge < -0.3 is 4.90 Å². The van der Waals surface area contributed by atoms with Crippen LogP contribution in [0.25, 0.3) is 5.78 Å². The van der Waals surface area contributed by atoms with Crippen molar-refractivity contribution < 1.29 is 0 Å². The van der Waals surface area contributed by atoms with E-state index in [2.05, 4.69) is 73.4 Å². The number of aromatic nitrogens is 4. The second-order valence-electron chi connectivity index (χ2n) is 7.62. The molecule has 5 rings (SSSR count). The lowest BCUT2D eigenvalue weighted by Gasteiger charge is -2.40. The van der Waals surface area contributed by atoms with E-state index in [0.29, 0.717) is 5.78 Å². The average molecular weight is 419 g/mol. The Balaban J connectivity index is 1.42. The summed E-state index contributed by atoms with van der Waals surface area (Å²) in [6, 6.07) is 21.2. The molecule has 2 aromatic carbocycles. The lowest BCUT2D eigenvalue weighted by molar-refractivity contribution is 0.211. The maximum Gasteiger partial charge on any atom is 0.254 e. The minimum atomic E-state index is 0.205. The number of benzene rings is 2. The maximum absolute atomic E-state index is 6.15. The van der Waals surface area contributed by atoms with Gasteiger partial charge in [-0.05, 0) is 30.2 Å². The Labute approximate surface area is 180 Å². The van der Waals surface area contributed by atoms with E-state index >= 15 is 0 Å². The standard InChI is InChI=1S/C23H23ClN6/c1-17-15-21(30-23(27-17)25-16-26-30)28-11-13-29(14-12-28)22(18-5-3-2-4-6-18)19-7-9-20(24)10-8-19/h2-10,15-16,22H,11-14H2,1H3/t22-/m0/s1. The molecule has 0 spiro atoms. The Kier molecular flexibility index (Phi) is 5.11. The molecular formula is C23H23ClN6. The molecule has 1 saturated heterocycles. The first-order valence-electron chi connectivity index (χ1n) is 10.2.